The highest BCUT2D eigenvalue weighted by atomic mass is 15.1. The lowest BCUT2D eigenvalue weighted by Crippen LogP contribution is -3.10. The van der Waals surface area contributed by atoms with Crippen molar-refractivity contribution in [3.8, 4) is 0 Å². The van der Waals surface area contributed by atoms with Crippen LogP contribution >= 0.6 is 0 Å². The smallest absolute Gasteiger partial charge is 0.0799 e. The van der Waals surface area contributed by atoms with Gasteiger partial charge in [-0.1, -0.05) is 26.7 Å². The number of nitrogens with one attached hydrogen (secondary N) is 1. The number of hydrogen-bond donors (Lipinski definition) is 1. The van der Waals surface area contributed by atoms with E-state index in [1.165, 1.54) is 51.7 Å². The maximum Gasteiger partial charge on any atom is 0.0799 e. The van der Waals surface area contributed by atoms with Crippen molar-refractivity contribution in [1.82, 2.24) is 0 Å². The molecule has 1 rings (SSSR count). The van der Waals surface area contributed by atoms with Gasteiger partial charge in [0.1, 0.15) is 0 Å². The van der Waals surface area contributed by atoms with Crippen LogP contribution in [0.5, 0.6) is 0 Å². The Labute approximate surface area is 88.9 Å². The molecule has 1 N–H and O–H groups in total. The van der Waals surface area contributed by atoms with E-state index in [0.29, 0.717) is 0 Å². The molecule has 2 nitrogen and oxygen atoms in total. The number of rotatable bonds is 5. The van der Waals surface area contributed by atoms with E-state index >= 15 is 0 Å². The van der Waals surface area contributed by atoms with E-state index in [4.69, 9.17) is 11.8 Å². The molecule has 0 spiro atoms. The quantitative estimate of drug-likeness (QED) is 0.525. The molecule has 2 unspecified atom stereocenters. The van der Waals surface area contributed by atoms with Crippen molar-refractivity contribution in [3.05, 3.63) is 6.57 Å². The summed E-state index contributed by atoms with van der Waals surface area (Å²) in [6.07, 6.45) is 7.17. The molecule has 1 aliphatic heterocycles. The Kier molecular flexibility index (Phi) is 8.67. The lowest BCUT2D eigenvalue weighted by Gasteiger charge is -2.11. The Hall–Kier alpha value is -0.550. The van der Waals surface area contributed by atoms with Crippen LogP contribution in [-0.4, -0.2) is 19.6 Å². The molecule has 1 aliphatic rings. The molecule has 0 amide bonds. The van der Waals surface area contributed by atoms with Gasteiger partial charge in [-0.25, -0.2) is 0 Å². The lowest BCUT2D eigenvalue weighted by molar-refractivity contribution is -0.889. The predicted octanol–water partition coefficient (Wildman–Crippen LogP) is 1.59. The third-order valence-electron chi connectivity index (χ3n) is 3.01. The van der Waals surface area contributed by atoms with E-state index in [1.54, 1.807) is 0 Å². The summed E-state index contributed by atoms with van der Waals surface area (Å²) in [7, 11) is 0. The van der Waals surface area contributed by atoms with Crippen LogP contribution in [0, 0.1) is 17.8 Å². The first-order valence-corrected chi connectivity index (χ1v) is 5.89. The molecular formula is C12H24N2. The van der Waals surface area contributed by atoms with E-state index < -0.39 is 0 Å². The fourth-order valence-corrected chi connectivity index (χ4v) is 2.18. The van der Waals surface area contributed by atoms with Gasteiger partial charge in [-0.3, -0.25) is 0 Å². The van der Waals surface area contributed by atoms with Gasteiger partial charge in [-0.2, -0.15) is 0 Å². The molecule has 0 aromatic heterocycles. The first-order valence-electron chi connectivity index (χ1n) is 5.89. The molecule has 0 radical (unpaired) electrons. The van der Waals surface area contributed by atoms with E-state index in [1.807, 2.05) is 4.90 Å². The molecule has 0 aromatic rings. The molecule has 0 bridgehead atoms. The summed E-state index contributed by atoms with van der Waals surface area (Å²) in [5, 5.41) is 6.25. The number of quaternary nitrogens is 1. The molecule has 82 valence electrons. The van der Waals surface area contributed by atoms with Crippen molar-refractivity contribution in [2.75, 3.05) is 19.6 Å². The van der Waals surface area contributed by atoms with E-state index in [-0.39, 0.29) is 0 Å². The molecule has 2 atom stereocenters. The first-order chi connectivity index (χ1) is 6.83. The minimum absolute atomic E-state index is 0.992. The summed E-state index contributed by atoms with van der Waals surface area (Å²) in [5.41, 5.74) is 0. The Bertz CT molecular complexity index is 143. The Morgan fingerprint density at radius 3 is 2.50 bits per heavy atom. The second-order valence-corrected chi connectivity index (χ2v) is 4.41. The predicted molar refractivity (Wildman–Crippen MR) is 58.5 cm³/mol. The molecule has 2 heteroatoms. The molecular weight excluding hydrogens is 172 g/mol. The summed E-state index contributed by atoms with van der Waals surface area (Å²) in [5.74, 6) is 0.992. The van der Waals surface area contributed by atoms with Gasteiger partial charge >= 0.3 is 0 Å². The van der Waals surface area contributed by atoms with Crippen molar-refractivity contribution < 1.29 is 4.90 Å². The standard InChI is InChI=1S/C11H23N.CN/c1-3-4-5-6-8-12-9-7-11(2)10-12;1-2/h11H,3-10H2,1-2H3;/q;-1/p+1. The third kappa shape index (κ3) is 5.99. The minimum Gasteiger partial charge on any atom is -0.512 e. The van der Waals surface area contributed by atoms with Crippen LogP contribution in [0.3, 0.4) is 0 Å². The van der Waals surface area contributed by atoms with Gasteiger partial charge in [0.2, 0.25) is 0 Å². The second kappa shape index (κ2) is 9.02. The first kappa shape index (κ1) is 13.4. The normalized spacial score (nSPS) is 25.4. The summed E-state index contributed by atoms with van der Waals surface area (Å²) >= 11 is 0. The lowest BCUT2D eigenvalue weighted by atomic mass is 10.2. The zero-order valence-corrected chi connectivity index (χ0v) is 9.68. The molecule has 1 heterocycles. The summed E-state index contributed by atoms with van der Waals surface area (Å²) in [6.45, 7) is 13.7. The SMILES string of the molecule is CCCCCC[NH+]1CCC(C)C1.[C-]#N. The number of nitrogens with zero attached hydrogens (tertiary/aromatic N) is 1. The highest BCUT2D eigenvalue weighted by Crippen LogP contribution is 2.02. The molecule has 14 heavy (non-hydrogen) atoms. The summed E-state index contributed by atoms with van der Waals surface area (Å²) < 4.78 is 0. The van der Waals surface area contributed by atoms with Crippen LogP contribution in [-0.2, 0) is 0 Å². The van der Waals surface area contributed by atoms with Gasteiger partial charge in [-0.05, 0) is 12.8 Å². The van der Waals surface area contributed by atoms with Crippen molar-refractivity contribution in [2.45, 2.75) is 46.0 Å². The monoisotopic (exact) mass is 196 g/mol. The Morgan fingerprint density at radius 1 is 1.29 bits per heavy atom. The number of likely N-dealkylation sites (tertiary alicyclic amines) is 1. The van der Waals surface area contributed by atoms with Crippen molar-refractivity contribution in [3.63, 3.8) is 0 Å². The van der Waals surface area contributed by atoms with E-state index in [0.717, 1.165) is 5.92 Å². The van der Waals surface area contributed by atoms with Gasteiger partial charge in [0.05, 0.1) is 19.6 Å². The van der Waals surface area contributed by atoms with Crippen LogP contribution in [0.15, 0.2) is 0 Å². The minimum atomic E-state index is 0.992. The average Bonchev–Trinajstić information content (AvgIpc) is 2.62. The molecule has 0 aromatic carbocycles. The van der Waals surface area contributed by atoms with Crippen molar-refractivity contribution in [1.29, 1.82) is 5.26 Å². The largest absolute Gasteiger partial charge is 0.512 e. The highest BCUT2D eigenvalue weighted by molar-refractivity contribution is 4.55. The number of hydrogen-bond acceptors (Lipinski definition) is 1. The maximum absolute atomic E-state index is 6.25. The van der Waals surface area contributed by atoms with Gasteiger partial charge < -0.3 is 16.7 Å². The number of unbranched alkanes of at least 4 members (excludes halogenated alkanes) is 3. The summed E-state index contributed by atoms with van der Waals surface area (Å²) in [6, 6.07) is 0. The van der Waals surface area contributed by atoms with Crippen LogP contribution in [0.2, 0.25) is 0 Å². The summed E-state index contributed by atoms with van der Waals surface area (Å²) in [4.78, 5) is 1.86. The molecule has 0 saturated carbocycles. The fourth-order valence-electron chi connectivity index (χ4n) is 2.18. The molecule has 1 fully saturated rings. The zero-order valence-electron chi connectivity index (χ0n) is 9.68. The van der Waals surface area contributed by atoms with Gasteiger partial charge in [0, 0.05) is 12.3 Å². The topological polar surface area (TPSA) is 28.2 Å². The van der Waals surface area contributed by atoms with Crippen LogP contribution in [0.1, 0.15) is 46.0 Å². The van der Waals surface area contributed by atoms with Crippen LogP contribution in [0.25, 0.3) is 0 Å². The van der Waals surface area contributed by atoms with Gasteiger partial charge in [-0.15, -0.1) is 0 Å². The highest BCUT2D eigenvalue weighted by Gasteiger charge is 2.21. The van der Waals surface area contributed by atoms with Gasteiger partial charge in [0.15, 0.2) is 0 Å². The third-order valence-corrected chi connectivity index (χ3v) is 3.01. The van der Waals surface area contributed by atoms with Crippen molar-refractivity contribution in [2.24, 2.45) is 5.92 Å². The zero-order chi connectivity index (χ0) is 10.8. The van der Waals surface area contributed by atoms with E-state index in [2.05, 4.69) is 13.8 Å². The van der Waals surface area contributed by atoms with Crippen molar-refractivity contribution >= 4 is 0 Å². The second-order valence-electron chi connectivity index (χ2n) is 4.41. The Balaban J connectivity index is 0.000000791. The Morgan fingerprint density at radius 2 is 2.00 bits per heavy atom. The average molecular weight is 196 g/mol. The van der Waals surface area contributed by atoms with Gasteiger partial charge in [0.25, 0.3) is 0 Å². The maximum atomic E-state index is 6.25. The van der Waals surface area contributed by atoms with Crippen LogP contribution < -0.4 is 4.90 Å². The molecule has 1 saturated heterocycles. The van der Waals surface area contributed by atoms with E-state index in [9.17, 15) is 0 Å². The van der Waals surface area contributed by atoms with Crippen LogP contribution in [0.4, 0.5) is 0 Å². The fraction of sp³-hybridized carbons (Fsp3) is 0.917. The molecule has 0 aliphatic carbocycles.